The molecule has 2 atom stereocenters. The minimum absolute atomic E-state index is 0.0226. The van der Waals surface area contributed by atoms with Gasteiger partial charge in [0.25, 0.3) is 0 Å². The van der Waals surface area contributed by atoms with Crippen molar-refractivity contribution in [2.75, 3.05) is 39.2 Å². The van der Waals surface area contributed by atoms with Gasteiger partial charge in [-0.3, -0.25) is 4.79 Å². The van der Waals surface area contributed by atoms with Crippen molar-refractivity contribution < 1.29 is 14.3 Å². The summed E-state index contributed by atoms with van der Waals surface area (Å²) >= 11 is 0. The molecular formula is C24H28N4O3. The number of benzene rings is 1. The Morgan fingerprint density at radius 3 is 2.77 bits per heavy atom. The summed E-state index contributed by atoms with van der Waals surface area (Å²) in [5.41, 5.74) is 2.27. The minimum Gasteiger partial charge on any atom is -0.489 e. The Labute approximate surface area is 183 Å². The van der Waals surface area contributed by atoms with Gasteiger partial charge in [0, 0.05) is 31.5 Å². The number of nitrogens with zero attached hydrogens (tertiary/aromatic N) is 3. The number of rotatable bonds is 7. The molecule has 0 spiro atoms. The lowest BCUT2D eigenvalue weighted by Gasteiger charge is -2.23. The van der Waals surface area contributed by atoms with Crippen LogP contribution in [0.3, 0.4) is 0 Å². The summed E-state index contributed by atoms with van der Waals surface area (Å²) in [4.78, 5) is 18.9. The number of aromatic nitrogens is 1. The Bertz CT molecular complexity index is 979. The zero-order chi connectivity index (χ0) is 21.8. The maximum Gasteiger partial charge on any atom is 0.228 e. The Morgan fingerprint density at radius 2 is 2.03 bits per heavy atom. The van der Waals surface area contributed by atoms with Gasteiger partial charge in [0.2, 0.25) is 5.91 Å². The van der Waals surface area contributed by atoms with Crippen molar-refractivity contribution in [3.63, 3.8) is 0 Å². The molecule has 0 bridgehead atoms. The first kappa shape index (κ1) is 21.3. The van der Waals surface area contributed by atoms with E-state index in [1.165, 1.54) is 0 Å². The molecule has 2 unspecified atom stereocenters. The first-order valence-electron chi connectivity index (χ1n) is 10.7. The number of anilines is 1. The maximum absolute atomic E-state index is 12.5. The van der Waals surface area contributed by atoms with Crippen molar-refractivity contribution in [2.45, 2.75) is 25.4 Å². The molecule has 4 rings (SSSR count). The highest BCUT2D eigenvalue weighted by Gasteiger charge is 2.43. The highest BCUT2D eigenvalue weighted by atomic mass is 16.5. The summed E-state index contributed by atoms with van der Waals surface area (Å²) in [5.74, 6) is 1.62. The third-order valence-electron chi connectivity index (χ3n) is 5.77. The molecule has 1 N–H and O–H groups in total. The fourth-order valence-electron chi connectivity index (χ4n) is 4.01. The van der Waals surface area contributed by atoms with E-state index in [1.54, 1.807) is 6.20 Å². The van der Waals surface area contributed by atoms with Crippen LogP contribution in [-0.4, -0.2) is 55.7 Å². The predicted molar refractivity (Wildman–Crippen MR) is 118 cm³/mol. The molecule has 1 saturated heterocycles. The molecule has 1 aromatic heterocycles. The molecule has 162 valence electrons. The normalized spacial score (nSPS) is 20.8. The van der Waals surface area contributed by atoms with Gasteiger partial charge in [-0.05, 0) is 61.8 Å². The third kappa shape index (κ3) is 5.40. The van der Waals surface area contributed by atoms with E-state index in [4.69, 9.17) is 9.47 Å². The van der Waals surface area contributed by atoms with Gasteiger partial charge in [-0.2, -0.15) is 5.26 Å². The second-order valence-corrected chi connectivity index (χ2v) is 8.54. The molecule has 1 saturated carbocycles. The summed E-state index contributed by atoms with van der Waals surface area (Å²) in [6.07, 6.45) is 4.33. The van der Waals surface area contributed by atoms with E-state index in [9.17, 15) is 10.1 Å². The van der Waals surface area contributed by atoms with Crippen LogP contribution in [0.1, 0.15) is 24.8 Å². The van der Waals surface area contributed by atoms with E-state index in [1.807, 2.05) is 44.4 Å². The van der Waals surface area contributed by atoms with Crippen LogP contribution in [0.2, 0.25) is 0 Å². The van der Waals surface area contributed by atoms with E-state index < -0.39 is 0 Å². The molecule has 1 aliphatic heterocycles. The number of ether oxygens (including phenoxy) is 2. The molecular weight excluding hydrogens is 392 g/mol. The number of pyridine rings is 1. The van der Waals surface area contributed by atoms with E-state index in [0.717, 1.165) is 36.9 Å². The van der Waals surface area contributed by atoms with Crippen LogP contribution in [0, 0.1) is 23.2 Å². The Morgan fingerprint density at radius 1 is 1.26 bits per heavy atom. The summed E-state index contributed by atoms with van der Waals surface area (Å²) < 4.78 is 11.4. The van der Waals surface area contributed by atoms with Crippen molar-refractivity contribution in [2.24, 2.45) is 11.8 Å². The lowest BCUT2D eigenvalue weighted by Crippen LogP contribution is -2.26. The van der Waals surface area contributed by atoms with Crippen molar-refractivity contribution in [3.05, 3.63) is 42.1 Å². The van der Waals surface area contributed by atoms with Crippen LogP contribution in [0.15, 0.2) is 36.5 Å². The number of hydrogen-bond acceptors (Lipinski definition) is 6. The monoisotopic (exact) mass is 420 g/mol. The Hall–Kier alpha value is -2.95. The van der Waals surface area contributed by atoms with E-state index in [-0.39, 0.29) is 17.9 Å². The van der Waals surface area contributed by atoms with Crippen LogP contribution in [0.5, 0.6) is 5.75 Å². The number of amides is 1. The number of carbonyl (C=O) groups is 1. The third-order valence-corrected chi connectivity index (χ3v) is 5.77. The summed E-state index contributed by atoms with van der Waals surface area (Å²) in [6, 6.07) is 11.6. The van der Waals surface area contributed by atoms with Gasteiger partial charge >= 0.3 is 0 Å². The van der Waals surface area contributed by atoms with E-state index in [2.05, 4.69) is 21.3 Å². The standard InChI is InChI=1S/C24H28N4O3/c1-28(2)15-19-12-21(19)24(29)27-23-13-17(5-8-26-23)16-3-4-22(18(11-16)14-25)31-20-6-9-30-10-7-20/h3-5,8,11,13,19-21H,6-7,9-10,12,15H2,1-2H3,(H,26,27,29). The fourth-order valence-corrected chi connectivity index (χ4v) is 4.01. The molecule has 2 aromatic rings. The van der Waals surface area contributed by atoms with Gasteiger partial charge in [-0.25, -0.2) is 4.98 Å². The topological polar surface area (TPSA) is 87.5 Å². The lowest BCUT2D eigenvalue weighted by atomic mass is 10.0. The molecule has 2 heterocycles. The van der Waals surface area contributed by atoms with Gasteiger partial charge in [-0.1, -0.05) is 6.07 Å². The fraction of sp³-hybridized carbons (Fsp3) is 0.458. The summed E-state index contributed by atoms with van der Waals surface area (Å²) in [7, 11) is 4.04. The van der Waals surface area contributed by atoms with Gasteiger partial charge in [0.15, 0.2) is 0 Å². The first-order chi connectivity index (χ1) is 15.0. The Balaban J connectivity index is 1.44. The van der Waals surface area contributed by atoms with E-state index >= 15 is 0 Å². The minimum atomic E-state index is 0.0226. The second kappa shape index (κ2) is 9.46. The number of nitriles is 1. The molecule has 31 heavy (non-hydrogen) atoms. The van der Waals surface area contributed by atoms with Gasteiger partial charge in [0.05, 0.1) is 18.8 Å². The molecule has 0 radical (unpaired) electrons. The van der Waals surface area contributed by atoms with Crippen LogP contribution in [0.25, 0.3) is 11.1 Å². The number of nitrogens with one attached hydrogen (secondary N) is 1. The second-order valence-electron chi connectivity index (χ2n) is 8.54. The molecule has 1 aliphatic carbocycles. The van der Waals surface area contributed by atoms with Crippen LogP contribution < -0.4 is 10.1 Å². The van der Waals surface area contributed by atoms with Crippen molar-refractivity contribution in [1.29, 1.82) is 5.26 Å². The summed E-state index contributed by atoms with van der Waals surface area (Å²) in [5, 5.41) is 12.6. The maximum atomic E-state index is 12.5. The molecule has 1 amide bonds. The number of carbonyl (C=O) groups excluding carboxylic acids is 1. The van der Waals surface area contributed by atoms with Crippen molar-refractivity contribution >= 4 is 11.7 Å². The molecule has 2 fully saturated rings. The smallest absolute Gasteiger partial charge is 0.228 e. The molecule has 7 nitrogen and oxygen atoms in total. The molecule has 1 aromatic carbocycles. The average molecular weight is 421 g/mol. The highest BCUT2D eigenvalue weighted by molar-refractivity contribution is 5.94. The van der Waals surface area contributed by atoms with Gasteiger partial charge in [0.1, 0.15) is 23.7 Å². The molecule has 7 heteroatoms. The number of hydrogen-bond donors (Lipinski definition) is 1. The first-order valence-corrected chi connectivity index (χ1v) is 10.7. The lowest BCUT2D eigenvalue weighted by molar-refractivity contribution is -0.117. The van der Waals surface area contributed by atoms with Gasteiger partial charge < -0.3 is 19.7 Å². The molecule has 2 aliphatic rings. The van der Waals surface area contributed by atoms with Crippen molar-refractivity contribution in [1.82, 2.24) is 9.88 Å². The zero-order valence-electron chi connectivity index (χ0n) is 18.0. The highest BCUT2D eigenvalue weighted by Crippen LogP contribution is 2.39. The average Bonchev–Trinajstić information content (AvgIpc) is 3.53. The van der Waals surface area contributed by atoms with Crippen LogP contribution in [0.4, 0.5) is 5.82 Å². The summed E-state index contributed by atoms with van der Waals surface area (Å²) in [6.45, 7) is 2.30. The Kier molecular flexibility index (Phi) is 6.50. The zero-order valence-corrected chi connectivity index (χ0v) is 18.0. The van der Waals surface area contributed by atoms with Crippen LogP contribution in [-0.2, 0) is 9.53 Å². The predicted octanol–water partition coefficient (Wildman–Crippen LogP) is 3.31. The SMILES string of the molecule is CN(C)CC1CC1C(=O)Nc1cc(-c2ccc(OC3CCOCC3)c(C#N)c2)ccn1. The van der Waals surface area contributed by atoms with Gasteiger partial charge in [-0.15, -0.1) is 0 Å². The largest absolute Gasteiger partial charge is 0.489 e. The quantitative estimate of drug-likeness (QED) is 0.739. The van der Waals surface area contributed by atoms with Crippen LogP contribution >= 0.6 is 0 Å². The van der Waals surface area contributed by atoms with Crippen molar-refractivity contribution in [3.8, 4) is 22.9 Å². The van der Waals surface area contributed by atoms with E-state index in [0.29, 0.717) is 36.3 Å².